The summed E-state index contributed by atoms with van der Waals surface area (Å²) in [6.07, 6.45) is 4.38. The lowest BCUT2D eigenvalue weighted by atomic mass is 9.85. The predicted octanol–water partition coefficient (Wildman–Crippen LogP) is 2.21. The molecule has 0 saturated heterocycles. The highest BCUT2D eigenvalue weighted by molar-refractivity contribution is 5.85. The summed E-state index contributed by atoms with van der Waals surface area (Å²) < 4.78 is 0. The molecular formula is C8H18ClN. The highest BCUT2D eigenvalue weighted by atomic mass is 35.5. The van der Waals surface area contributed by atoms with E-state index in [4.69, 9.17) is 0 Å². The zero-order valence-electron chi connectivity index (χ0n) is 6.89. The Kier molecular flexibility index (Phi) is 5.10. The van der Waals surface area contributed by atoms with Crippen LogP contribution in [0.2, 0.25) is 0 Å². The van der Waals surface area contributed by atoms with E-state index in [1.54, 1.807) is 0 Å². The van der Waals surface area contributed by atoms with Crippen LogP contribution < -0.4 is 5.32 Å². The van der Waals surface area contributed by atoms with Crippen LogP contribution in [-0.2, 0) is 0 Å². The molecule has 62 valence electrons. The van der Waals surface area contributed by atoms with E-state index in [9.17, 15) is 0 Å². The Balaban J connectivity index is 0.000000810. The van der Waals surface area contributed by atoms with Crippen LogP contribution in [0.25, 0.3) is 0 Å². The van der Waals surface area contributed by atoms with Crippen molar-refractivity contribution in [2.45, 2.75) is 39.2 Å². The normalized spacial score (nSPS) is 18.3. The van der Waals surface area contributed by atoms with Gasteiger partial charge < -0.3 is 5.32 Å². The lowest BCUT2D eigenvalue weighted by Crippen LogP contribution is -2.31. The van der Waals surface area contributed by atoms with Crippen LogP contribution in [0.4, 0.5) is 0 Å². The molecule has 0 aromatic rings. The van der Waals surface area contributed by atoms with Crippen molar-refractivity contribution >= 4 is 12.4 Å². The molecule has 0 spiro atoms. The third-order valence-corrected chi connectivity index (χ3v) is 2.04. The molecular weight excluding hydrogens is 146 g/mol. The van der Waals surface area contributed by atoms with Gasteiger partial charge in [-0.3, -0.25) is 0 Å². The van der Waals surface area contributed by atoms with Crippen LogP contribution in [0.3, 0.4) is 0 Å². The zero-order chi connectivity index (χ0) is 6.69. The molecule has 0 aromatic carbocycles. The van der Waals surface area contributed by atoms with E-state index < -0.39 is 0 Å². The first-order valence-corrected chi connectivity index (χ1v) is 4.02. The maximum absolute atomic E-state index is 3.45. The first-order chi connectivity index (χ1) is 4.29. The van der Waals surface area contributed by atoms with Crippen LogP contribution in [0, 0.1) is 5.92 Å². The van der Waals surface area contributed by atoms with Gasteiger partial charge in [-0.15, -0.1) is 12.4 Å². The number of rotatable bonds is 3. The highest BCUT2D eigenvalue weighted by Crippen LogP contribution is 2.25. The first kappa shape index (κ1) is 10.2. The lowest BCUT2D eigenvalue weighted by Gasteiger charge is -2.26. The molecule has 2 heteroatoms. The number of hydrogen-bond donors (Lipinski definition) is 1. The average Bonchev–Trinajstić information content (AvgIpc) is 1.60. The van der Waals surface area contributed by atoms with Gasteiger partial charge in [0.05, 0.1) is 0 Å². The molecule has 0 bridgehead atoms. The van der Waals surface area contributed by atoms with E-state index in [0.717, 1.165) is 5.92 Å². The zero-order valence-corrected chi connectivity index (χ0v) is 7.71. The van der Waals surface area contributed by atoms with Gasteiger partial charge in [-0.05, 0) is 25.3 Å². The van der Waals surface area contributed by atoms with Gasteiger partial charge in [-0.2, -0.15) is 0 Å². The molecule has 0 heterocycles. The van der Waals surface area contributed by atoms with Crippen LogP contribution in [0.5, 0.6) is 0 Å². The second kappa shape index (κ2) is 4.97. The largest absolute Gasteiger partial charge is 0.314 e. The average molecular weight is 164 g/mol. The summed E-state index contributed by atoms with van der Waals surface area (Å²) in [6.45, 7) is 5.66. The minimum atomic E-state index is 0. The molecule has 10 heavy (non-hydrogen) atoms. The summed E-state index contributed by atoms with van der Waals surface area (Å²) in [5, 5.41) is 3.45. The lowest BCUT2D eigenvalue weighted by molar-refractivity contribution is 0.294. The van der Waals surface area contributed by atoms with Gasteiger partial charge >= 0.3 is 0 Å². The molecule has 0 aromatic heterocycles. The van der Waals surface area contributed by atoms with Crippen molar-refractivity contribution in [1.29, 1.82) is 0 Å². The van der Waals surface area contributed by atoms with Gasteiger partial charge in [0, 0.05) is 6.04 Å². The second-order valence-electron chi connectivity index (χ2n) is 3.36. The van der Waals surface area contributed by atoms with Crippen molar-refractivity contribution in [2.75, 3.05) is 6.54 Å². The Bertz CT molecular complexity index is 79.3. The van der Waals surface area contributed by atoms with E-state index in [1.807, 2.05) is 0 Å². The van der Waals surface area contributed by atoms with Crippen molar-refractivity contribution in [3.05, 3.63) is 0 Å². The Morgan fingerprint density at radius 1 is 1.40 bits per heavy atom. The molecule has 1 aliphatic rings. The van der Waals surface area contributed by atoms with Crippen LogP contribution in [0.15, 0.2) is 0 Å². The Hall–Kier alpha value is 0.250. The van der Waals surface area contributed by atoms with Crippen molar-refractivity contribution < 1.29 is 0 Å². The van der Waals surface area contributed by atoms with E-state index in [-0.39, 0.29) is 12.4 Å². The Morgan fingerprint density at radius 2 is 2.00 bits per heavy atom. The van der Waals surface area contributed by atoms with E-state index >= 15 is 0 Å². The fraction of sp³-hybridized carbons (Fsp3) is 1.00. The molecule has 1 rings (SSSR count). The van der Waals surface area contributed by atoms with Crippen LogP contribution in [0.1, 0.15) is 33.1 Å². The van der Waals surface area contributed by atoms with Gasteiger partial charge in [-0.1, -0.05) is 20.3 Å². The molecule has 0 amide bonds. The summed E-state index contributed by atoms with van der Waals surface area (Å²) in [6, 6.07) is 0.672. The van der Waals surface area contributed by atoms with Crippen LogP contribution >= 0.6 is 12.4 Å². The fourth-order valence-corrected chi connectivity index (χ4v) is 1.10. The summed E-state index contributed by atoms with van der Waals surface area (Å²) in [7, 11) is 0. The third kappa shape index (κ3) is 3.43. The SMILES string of the molecule is CC(C)NCC1CCC1.Cl. The van der Waals surface area contributed by atoms with Gasteiger partial charge in [-0.25, -0.2) is 0 Å². The number of nitrogens with one attached hydrogen (secondary N) is 1. The van der Waals surface area contributed by atoms with Crippen molar-refractivity contribution in [1.82, 2.24) is 5.32 Å². The van der Waals surface area contributed by atoms with Gasteiger partial charge in [0.1, 0.15) is 0 Å². The quantitative estimate of drug-likeness (QED) is 0.673. The standard InChI is InChI=1S/C8H17N.ClH/c1-7(2)9-6-8-4-3-5-8;/h7-9H,3-6H2,1-2H3;1H. The summed E-state index contributed by atoms with van der Waals surface area (Å²) in [4.78, 5) is 0. The number of hydrogen-bond acceptors (Lipinski definition) is 1. The molecule has 0 aliphatic heterocycles. The van der Waals surface area contributed by atoms with E-state index in [0.29, 0.717) is 6.04 Å². The smallest absolute Gasteiger partial charge is 0.00104 e. The predicted molar refractivity (Wildman–Crippen MR) is 47.7 cm³/mol. The Morgan fingerprint density at radius 3 is 2.30 bits per heavy atom. The number of halogens is 1. The third-order valence-electron chi connectivity index (χ3n) is 2.04. The molecule has 0 radical (unpaired) electrons. The van der Waals surface area contributed by atoms with Gasteiger partial charge in [0.15, 0.2) is 0 Å². The molecule has 0 unspecified atom stereocenters. The maximum atomic E-state index is 3.45. The van der Waals surface area contributed by atoms with E-state index in [2.05, 4.69) is 19.2 Å². The molecule has 1 saturated carbocycles. The molecule has 0 atom stereocenters. The fourth-order valence-electron chi connectivity index (χ4n) is 1.10. The van der Waals surface area contributed by atoms with Crippen molar-refractivity contribution in [2.24, 2.45) is 5.92 Å². The first-order valence-electron chi connectivity index (χ1n) is 4.02. The van der Waals surface area contributed by atoms with Crippen molar-refractivity contribution in [3.63, 3.8) is 0 Å². The highest BCUT2D eigenvalue weighted by Gasteiger charge is 2.16. The molecule has 1 fully saturated rings. The Labute approximate surface area is 70.0 Å². The monoisotopic (exact) mass is 163 g/mol. The second-order valence-corrected chi connectivity index (χ2v) is 3.36. The molecule has 1 N–H and O–H groups in total. The van der Waals surface area contributed by atoms with E-state index in [1.165, 1.54) is 25.8 Å². The van der Waals surface area contributed by atoms with Gasteiger partial charge in [0.2, 0.25) is 0 Å². The minimum Gasteiger partial charge on any atom is -0.314 e. The summed E-state index contributed by atoms with van der Waals surface area (Å²) in [5.74, 6) is 1.01. The molecule has 1 nitrogen and oxygen atoms in total. The minimum absolute atomic E-state index is 0. The van der Waals surface area contributed by atoms with Crippen LogP contribution in [-0.4, -0.2) is 12.6 Å². The maximum Gasteiger partial charge on any atom is 0.00104 e. The van der Waals surface area contributed by atoms with Gasteiger partial charge in [0.25, 0.3) is 0 Å². The molecule has 1 aliphatic carbocycles. The topological polar surface area (TPSA) is 12.0 Å². The summed E-state index contributed by atoms with van der Waals surface area (Å²) >= 11 is 0. The van der Waals surface area contributed by atoms with Crippen molar-refractivity contribution in [3.8, 4) is 0 Å². The summed E-state index contributed by atoms with van der Waals surface area (Å²) in [5.41, 5.74) is 0.